The molecule has 0 radical (unpaired) electrons. The lowest BCUT2D eigenvalue weighted by molar-refractivity contribution is -0.126. The van der Waals surface area contributed by atoms with Crippen molar-refractivity contribution in [1.29, 1.82) is 0 Å². The van der Waals surface area contributed by atoms with Crippen LogP contribution in [0, 0.1) is 17.8 Å². The maximum atomic E-state index is 13.1. The molecule has 1 saturated heterocycles. The molecule has 2 fully saturated rings. The summed E-state index contributed by atoms with van der Waals surface area (Å²) in [5.74, 6) is 1.03. The molecule has 11 heteroatoms. The van der Waals surface area contributed by atoms with Crippen molar-refractivity contribution in [2.24, 2.45) is 17.8 Å². The van der Waals surface area contributed by atoms with E-state index in [4.69, 9.17) is 28.2 Å². The second-order valence-corrected chi connectivity index (χ2v) is 11.6. The van der Waals surface area contributed by atoms with Crippen LogP contribution in [-0.4, -0.2) is 51.0 Å². The number of anilines is 2. The second-order valence-electron chi connectivity index (χ2n) is 9.88. The standard InChI is InChI=1S/C24H27Cl2N7OS/c1-11(2)28-23(34)15-12-5-6-13(9-12)16(15)29-17-14(25)10-27-21-18(17)30-22(32-21)19-20(26)31-24(35-19)33-7-3-4-8-33/h5-6,10-13,15-16H,3-4,7-9H2,1-2H3,(H,28,34)(H2,27,29,30,32). The molecule has 3 aliphatic rings. The third-order valence-electron chi connectivity index (χ3n) is 7.14. The molecule has 1 amide bonds. The summed E-state index contributed by atoms with van der Waals surface area (Å²) in [5, 5.41) is 8.53. The van der Waals surface area contributed by atoms with Gasteiger partial charge in [0, 0.05) is 25.2 Å². The van der Waals surface area contributed by atoms with Crippen LogP contribution in [0.2, 0.25) is 10.2 Å². The van der Waals surface area contributed by atoms with Gasteiger partial charge in [0.05, 0.1) is 22.8 Å². The van der Waals surface area contributed by atoms with Gasteiger partial charge < -0.3 is 20.5 Å². The van der Waals surface area contributed by atoms with Crippen LogP contribution in [0.1, 0.15) is 33.1 Å². The quantitative estimate of drug-likeness (QED) is 0.382. The number of hydrogen-bond acceptors (Lipinski definition) is 7. The van der Waals surface area contributed by atoms with E-state index in [1.807, 2.05) is 13.8 Å². The van der Waals surface area contributed by atoms with Crippen molar-refractivity contribution in [3.05, 3.63) is 28.5 Å². The fourth-order valence-electron chi connectivity index (χ4n) is 5.59. The Labute approximate surface area is 217 Å². The van der Waals surface area contributed by atoms with Gasteiger partial charge in [-0.25, -0.2) is 15.0 Å². The van der Waals surface area contributed by atoms with Gasteiger partial charge in [0.15, 0.2) is 21.8 Å². The maximum Gasteiger partial charge on any atom is 0.225 e. The van der Waals surface area contributed by atoms with E-state index in [0.29, 0.717) is 32.9 Å². The Hall–Kier alpha value is -2.36. The number of nitrogens with zero attached hydrogens (tertiary/aromatic N) is 4. The Kier molecular flexibility index (Phi) is 5.89. The first-order valence-corrected chi connectivity index (χ1v) is 13.7. The zero-order valence-corrected chi connectivity index (χ0v) is 21.8. The molecule has 35 heavy (non-hydrogen) atoms. The van der Waals surface area contributed by atoms with Crippen molar-refractivity contribution in [3.63, 3.8) is 0 Å². The Morgan fingerprint density at radius 3 is 2.74 bits per heavy atom. The summed E-state index contributed by atoms with van der Waals surface area (Å²) in [5.41, 5.74) is 1.96. The van der Waals surface area contributed by atoms with E-state index < -0.39 is 0 Å². The first-order valence-electron chi connectivity index (χ1n) is 12.1. The highest BCUT2D eigenvalue weighted by Gasteiger charge is 2.48. The summed E-state index contributed by atoms with van der Waals surface area (Å²) in [6.45, 7) is 5.97. The van der Waals surface area contributed by atoms with E-state index in [-0.39, 0.29) is 35.7 Å². The zero-order chi connectivity index (χ0) is 24.3. The highest BCUT2D eigenvalue weighted by molar-refractivity contribution is 7.19. The van der Waals surface area contributed by atoms with E-state index in [0.717, 1.165) is 29.5 Å². The minimum absolute atomic E-state index is 0.0626. The Morgan fingerprint density at radius 2 is 1.97 bits per heavy atom. The average Bonchev–Trinajstić information content (AvgIpc) is 3.62. The molecule has 184 valence electrons. The number of imidazole rings is 1. The van der Waals surface area contributed by atoms with Gasteiger partial charge in [0.25, 0.3) is 0 Å². The maximum absolute atomic E-state index is 13.1. The Morgan fingerprint density at radius 1 is 1.20 bits per heavy atom. The highest BCUT2D eigenvalue weighted by atomic mass is 35.5. The van der Waals surface area contributed by atoms with Crippen LogP contribution in [-0.2, 0) is 4.79 Å². The molecule has 8 nitrogen and oxygen atoms in total. The van der Waals surface area contributed by atoms with Crippen molar-refractivity contribution >= 4 is 62.4 Å². The Balaban J connectivity index is 1.34. The van der Waals surface area contributed by atoms with E-state index in [1.165, 1.54) is 24.2 Å². The first-order chi connectivity index (χ1) is 16.9. The summed E-state index contributed by atoms with van der Waals surface area (Å²) >= 11 is 14.7. The van der Waals surface area contributed by atoms with Gasteiger partial charge in [0.2, 0.25) is 5.91 Å². The molecule has 3 aromatic rings. The van der Waals surface area contributed by atoms with Gasteiger partial charge >= 0.3 is 0 Å². The molecule has 6 rings (SSSR count). The smallest absolute Gasteiger partial charge is 0.225 e. The molecule has 2 bridgehead atoms. The minimum atomic E-state index is -0.159. The lowest BCUT2D eigenvalue weighted by Gasteiger charge is -2.30. The number of halogens is 2. The van der Waals surface area contributed by atoms with Crippen LogP contribution in [0.15, 0.2) is 18.3 Å². The predicted octanol–water partition coefficient (Wildman–Crippen LogP) is 5.12. The van der Waals surface area contributed by atoms with Crippen molar-refractivity contribution in [2.75, 3.05) is 23.3 Å². The summed E-state index contributed by atoms with van der Waals surface area (Å²) in [7, 11) is 0. The number of hydrogen-bond donors (Lipinski definition) is 3. The molecular weight excluding hydrogens is 505 g/mol. The van der Waals surface area contributed by atoms with E-state index >= 15 is 0 Å². The van der Waals surface area contributed by atoms with Gasteiger partial charge in [-0.1, -0.05) is 46.7 Å². The van der Waals surface area contributed by atoms with Crippen molar-refractivity contribution in [3.8, 4) is 10.7 Å². The number of allylic oxidation sites excluding steroid dienone is 1. The number of nitrogens with one attached hydrogen (secondary N) is 3. The summed E-state index contributed by atoms with van der Waals surface area (Å²) in [6.07, 6.45) is 9.29. The number of carbonyl (C=O) groups excluding carboxylic acids is 1. The van der Waals surface area contributed by atoms with Crippen LogP contribution in [0.5, 0.6) is 0 Å². The van der Waals surface area contributed by atoms with Crippen LogP contribution >= 0.6 is 34.5 Å². The number of thiazole rings is 1. The molecule has 3 aromatic heterocycles. The largest absolute Gasteiger partial charge is 0.378 e. The third-order valence-corrected chi connectivity index (χ3v) is 8.94. The van der Waals surface area contributed by atoms with E-state index in [9.17, 15) is 4.79 Å². The minimum Gasteiger partial charge on any atom is -0.378 e. The van der Waals surface area contributed by atoms with E-state index in [1.54, 1.807) is 6.20 Å². The fourth-order valence-corrected chi connectivity index (χ4v) is 7.07. The Bertz CT molecular complexity index is 1310. The number of aromatic amines is 1. The lowest BCUT2D eigenvalue weighted by atomic mass is 9.87. The molecule has 0 aromatic carbocycles. The molecule has 3 N–H and O–H groups in total. The number of rotatable bonds is 6. The van der Waals surface area contributed by atoms with Gasteiger partial charge in [-0.3, -0.25) is 4.79 Å². The van der Waals surface area contributed by atoms with Crippen LogP contribution < -0.4 is 15.5 Å². The normalized spacial score (nSPS) is 25.3. The molecule has 4 unspecified atom stereocenters. The number of amides is 1. The molecule has 1 aliphatic heterocycles. The molecule has 2 aliphatic carbocycles. The molecule has 4 heterocycles. The van der Waals surface area contributed by atoms with Crippen molar-refractivity contribution < 1.29 is 4.79 Å². The third kappa shape index (κ3) is 4.07. The van der Waals surface area contributed by atoms with E-state index in [2.05, 4.69) is 42.6 Å². The predicted molar refractivity (Wildman–Crippen MR) is 141 cm³/mol. The number of carbonyl (C=O) groups is 1. The van der Waals surface area contributed by atoms with Gasteiger partial charge in [-0.05, 0) is 44.9 Å². The molecule has 1 saturated carbocycles. The zero-order valence-electron chi connectivity index (χ0n) is 19.5. The van der Waals surface area contributed by atoms with Gasteiger partial charge in [-0.15, -0.1) is 0 Å². The average molecular weight is 533 g/mol. The summed E-state index contributed by atoms with van der Waals surface area (Å²) in [6, 6.07) is 0.0274. The van der Waals surface area contributed by atoms with Crippen LogP contribution in [0.25, 0.3) is 21.9 Å². The van der Waals surface area contributed by atoms with Crippen LogP contribution in [0.3, 0.4) is 0 Å². The number of H-pyrrole nitrogens is 1. The molecule has 4 atom stereocenters. The lowest BCUT2D eigenvalue weighted by Crippen LogP contribution is -2.45. The van der Waals surface area contributed by atoms with Gasteiger partial charge in [0.1, 0.15) is 10.4 Å². The number of aromatic nitrogens is 4. The summed E-state index contributed by atoms with van der Waals surface area (Å²) in [4.78, 5) is 33.2. The summed E-state index contributed by atoms with van der Waals surface area (Å²) < 4.78 is 0. The first kappa shape index (κ1) is 23.1. The fraction of sp³-hybridized carbons (Fsp3) is 0.500. The SMILES string of the molecule is CC(C)NC(=O)C1C2C=CC(C2)C1Nc1c(Cl)cnc2nc(-c3sc(N4CCCC4)nc3Cl)[nH]c12. The molecular formula is C24H27Cl2N7OS. The number of pyridine rings is 1. The van der Waals surface area contributed by atoms with Crippen LogP contribution in [0.4, 0.5) is 10.8 Å². The second kappa shape index (κ2) is 8.94. The topological polar surface area (TPSA) is 98.8 Å². The number of fused-ring (bicyclic) bond motifs is 3. The molecule has 0 spiro atoms. The van der Waals surface area contributed by atoms with Crippen molar-refractivity contribution in [2.45, 2.75) is 45.2 Å². The van der Waals surface area contributed by atoms with Gasteiger partial charge in [-0.2, -0.15) is 0 Å². The monoisotopic (exact) mass is 531 g/mol. The highest BCUT2D eigenvalue weighted by Crippen LogP contribution is 2.46. The van der Waals surface area contributed by atoms with Crippen molar-refractivity contribution in [1.82, 2.24) is 25.3 Å².